The summed E-state index contributed by atoms with van der Waals surface area (Å²) < 4.78 is 5.90. The summed E-state index contributed by atoms with van der Waals surface area (Å²) in [5.74, 6) is 2.19. The minimum atomic E-state index is -0.126. The molecule has 4 nitrogen and oxygen atoms in total. The predicted octanol–water partition coefficient (Wildman–Crippen LogP) is 4.08. The largest absolute Gasteiger partial charge is 0.457 e. The number of benzene rings is 2. The molecule has 0 bridgehead atoms. The third-order valence-electron chi connectivity index (χ3n) is 4.07. The standard InChI is InChI=1S/C19H22N2O2/c1-14(15-11-12-15)21-19(22)20-13-16-7-5-6-10-18(16)23-17-8-3-2-4-9-17/h2-10,14-15H,11-13H2,1H3,(H2,20,21,22). The van der Waals surface area contributed by atoms with E-state index in [9.17, 15) is 4.79 Å². The third-order valence-corrected chi connectivity index (χ3v) is 4.07. The molecule has 1 fully saturated rings. The Labute approximate surface area is 136 Å². The Morgan fingerprint density at radius 1 is 1.13 bits per heavy atom. The molecular weight excluding hydrogens is 288 g/mol. The normalized spacial score (nSPS) is 14.8. The first-order chi connectivity index (χ1) is 11.2. The Hall–Kier alpha value is -2.49. The van der Waals surface area contributed by atoms with E-state index in [0.717, 1.165) is 17.1 Å². The molecule has 1 aliphatic rings. The van der Waals surface area contributed by atoms with Gasteiger partial charge in [0.05, 0.1) is 0 Å². The van der Waals surface area contributed by atoms with Crippen LogP contribution in [0, 0.1) is 5.92 Å². The van der Waals surface area contributed by atoms with Gasteiger partial charge >= 0.3 is 6.03 Å². The highest BCUT2D eigenvalue weighted by Crippen LogP contribution is 2.32. The van der Waals surface area contributed by atoms with Gasteiger partial charge in [-0.1, -0.05) is 36.4 Å². The zero-order chi connectivity index (χ0) is 16.1. The van der Waals surface area contributed by atoms with Crippen LogP contribution < -0.4 is 15.4 Å². The smallest absolute Gasteiger partial charge is 0.315 e. The predicted molar refractivity (Wildman–Crippen MR) is 90.5 cm³/mol. The first-order valence-corrected chi connectivity index (χ1v) is 8.07. The van der Waals surface area contributed by atoms with Crippen molar-refractivity contribution in [2.45, 2.75) is 32.4 Å². The van der Waals surface area contributed by atoms with Gasteiger partial charge in [0.15, 0.2) is 0 Å². The van der Waals surface area contributed by atoms with Crippen molar-refractivity contribution in [2.75, 3.05) is 0 Å². The van der Waals surface area contributed by atoms with Crippen molar-refractivity contribution in [3.63, 3.8) is 0 Å². The highest BCUT2D eigenvalue weighted by atomic mass is 16.5. The Kier molecular flexibility index (Phi) is 4.81. The Morgan fingerprint density at radius 3 is 2.57 bits per heavy atom. The summed E-state index contributed by atoms with van der Waals surface area (Å²) in [5.41, 5.74) is 0.950. The summed E-state index contributed by atoms with van der Waals surface area (Å²) in [5, 5.41) is 5.90. The summed E-state index contributed by atoms with van der Waals surface area (Å²) >= 11 is 0. The first kappa shape index (κ1) is 15.4. The Balaban J connectivity index is 1.58. The molecule has 0 radical (unpaired) electrons. The number of ether oxygens (including phenoxy) is 1. The van der Waals surface area contributed by atoms with Crippen LogP contribution in [-0.2, 0) is 6.54 Å². The summed E-state index contributed by atoms with van der Waals surface area (Å²) in [6.45, 7) is 2.50. The molecule has 2 aromatic rings. The molecule has 3 rings (SSSR count). The first-order valence-electron chi connectivity index (χ1n) is 8.07. The average Bonchev–Trinajstić information content (AvgIpc) is 3.40. The fourth-order valence-corrected chi connectivity index (χ4v) is 2.51. The second-order valence-corrected chi connectivity index (χ2v) is 5.98. The van der Waals surface area contributed by atoms with Gasteiger partial charge < -0.3 is 15.4 Å². The second kappa shape index (κ2) is 7.18. The van der Waals surface area contributed by atoms with Crippen LogP contribution in [0.5, 0.6) is 11.5 Å². The minimum absolute atomic E-state index is 0.126. The molecule has 1 atom stereocenters. The molecule has 1 aliphatic carbocycles. The SMILES string of the molecule is CC(NC(=O)NCc1ccccc1Oc1ccccc1)C1CC1. The highest BCUT2D eigenvalue weighted by Gasteiger charge is 2.28. The molecule has 0 spiro atoms. The Bertz CT molecular complexity index is 653. The summed E-state index contributed by atoms with van der Waals surface area (Å²) in [7, 11) is 0. The van der Waals surface area contributed by atoms with Crippen molar-refractivity contribution in [2.24, 2.45) is 5.92 Å². The molecule has 0 aromatic heterocycles. The van der Waals surface area contributed by atoms with Crippen LogP contribution in [0.4, 0.5) is 4.79 Å². The van der Waals surface area contributed by atoms with Crippen molar-refractivity contribution in [1.29, 1.82) is 0 Å². The molecule has 0 heterocycles. The van der Waals surface area contributed by atoms with Gasteiger partial charge in [-0.15, -0.1) is 0 Å². The Morgan fingerprint density at radius 2 is 1.83 bits per heavy atom. The van der Waals surface area contributed by atoms with Gasteiger partial charge in [-0.25, -0.2) is 4.79 Å². The van der Waals surface area contributed by atoms with Crippen molar-refractivity contribution in [3.05, 3.63) is 60.2 Å². The van der Waals surface area contributed by atoms with Crippen molar-refractivity contribution < 1.29 is 9.53 Å². The zero-order valence-electron chi connectivity index (χ0n) is 13.3. The lowest BCUT2D eigenvalue weighted by Gasteiger charge is -2.15. The number of nitrogens with one attached hydrogen (secondary N) is 2. The number of para-hydroxylation sites is 2. The van der Waals surface area contributed by atoms with Gasteiger partial charge in [0.1, 0.15) is 11.5 Å². The van der Waals surface area contributed by atoms with Crippen LogP contribution in [0.25, 0.3) is 0 Å². The lowest BCUT2D eigenvalue weighted by molar-refractivity contribution is 0.236. The van der Waals surface area contributed by atoms with E-state index in [-0.39, 0.29) is 12.1 Å². The van der Waals surface area contributed by atoms with Gasteiger partial charge in [-0.3, -0.25) is 0 Å². The number of hydrogen-bond acceptors (Lipinski definition) is 2. The van der Waals surface area contributed by atoms with Crippen LogP contribution in [0.15, 0.2) is 54.6 Å². The lowest BCUT2D eigenvalue weighted by atomic mass is 10.2. The molecular formula is C19H22N2O2. The topological polar surface area (TPSA) is 50.4 Å². The molecule has 0 aliphatic heterocycles. The number of carbonyl (C=O) groups is 1. The minimum Gasteiger partial charge on any atom is -0.457 e. The van der Waals surface area contributed by atoms with Crippen molar-refractivity contribution in [3.8, 4) is 11.5 Å². The van der Waals surface area contributed by atoms with E-state index in [0.29, 0.717) is 12.5 Å². The van der Waals surface area contributed by atoms with Gasteiger partial charge in [-0.05, 0) is 43.9 Å². The number of rotatable bonds is 6. The second-order valence-electron chi connectivity index (χ2n) is 5.98. The maximum atomic E-state index is 12.0. The lowest BCUT2D eigenvalue weighted by Crippen LogP contribution is -2.41. The molecule has 23 heavy (non-hydrogen) atoms. The molecule has 2 amide bonds. The van der Waals surface area contributed by atoms with Gasteiger partial charge in [0.2, 0.25) is 0 Å². The van der Waals surface area contributed by atoms with E-state index >= 15 is 0 Å². The number of carbonyl (C=O) groups excluding carboxylic acids is 1. The molecule has 1 saturated carbocycles. The molecule has 4 heteroatoms. The molecule has 2 N–H and O–H groups in total. The molecule has 120 valence electrons. The summed E-state index contributed by atoms with van der Waals surface area (Å²) in [6, 6.07) is 17.5. The van der Waals surface area contributed by atoms with E-state index < -0.39 is 0 Å². The van der Waals surface area contributed by atoms with Gasteiger partial charge in [0.25, 0.3) is 0 Å². The quantitative estimate of drug-likeness (QED) is 0.845. The maximum Gasteiger partial charge on any atom is 0.315 e. The molecule has 1 unspecified atom stereocenters. The van der Waals surface area contributed by atoms with Crippen LogP contribution in [0.1, 0.15) is 25.3 Å². The number of urea groups is 1. The van der Waals surface area contributed by atoms with Crippen LogP contribution in [0.3, 0.4) is 0 Å². The van der Waals surface area contributed by atoms with Crippen molar-refractivity contribution >= 4 is 6.03 Å². The monoisotopic (exact) mass is 310 g/mol. The maximum absolute atomic E-state index is 12.0. The fourth-order valence-electron chi connectivity index (χ4n) is 2.51. The van der Waals surface area contributed by atoms with Gasteiger partial charge in [-0.2, -0.15) is 0 Å². The van der Waals surface area contributed by atoms with Crippen LogP contribution >= 0.6 is 0 Å². The molecule has 0 saturated heterocycles. The number of amides is 2. The highest BCUT2D eigenvalue weighted by molar-refractivity contribution is 5.74. The van der Waals surface area contributed by atoms with E-state index in [1.807, 2.05) is 54.6 Å². The van der Waals surface area contributed by atoms with Crippen LogP contribution in [-0.4, -0.2) is 12.1 Å². The van der Waals surface area contributed by atoms with E-state index in [4.69, 9.17) is 4.74 Å². The van der Waals surface area contributed by atoms with E-state index in [2.05, 4.69) is 17.6 Å². The summed E-state index contributed by atoms with van der Waals surface area (Å²) in [6.07, 6.45) is 2.43. The fraction of sp³-hybridized carbons (Fsp3) is 0.316. The van der Waals surface area contributed by atoms with Gasteiger partial charge in [0, 0.05) is 18.2 Å². The van der Waals surface area contributed by atoms with Crippen LogP contribution in [0.2, 0.25) is 0 Å². The van der Waals surface area contributed by atoms with Crippen molar-refractivity contribution in [1.82, 2.24) is 10.6 Å². The van der Waals surface area contributed by atoms with E-state index in [1.54, 1.807) is 0 Å². The number of hydrogen-bond donors (Lipinski definition) is 2. The molecule has 2 aromatic carbocycles. The third kappa shape index (κ3) is 4.49. The average molecular weight is 310 g/mol. The van der Waals surface area contributed by atoms with E-state index in [1.165, 1.54) is 12.8 Å². The zero-order valence-corrected chi connectivity index (χ0v) is 13.3. The summed E-state index contributed by atoms with van der Waals surface area (Å²) in [4.78, 5) is 12.0.